The van der Waals surface area contributed by atoms with E-state index in [0.717, 1.165) is 28.3 Å². The van der Waals surface area contributed by atoms with Gasteiger partial charge in [-0.05, 0) is 74.8 Å². The van der Waals surface area contributed by atoms with Crippen molar-refractivity contribution in [2.75, 3.05) is 0 Å². The maximum Gasteiger partial charge on any atom is 0.226 e. The highest BCUT2D eigenvalue weighted by Crippen LogP contribution is 2.53. The highest BCUT2D eigenvalue weighted by Gasteiger charge is 2.48. The summed E-state index contributed by atoms with van der Waals surface area (Å²) in [7, 11) is 0. The van der Waals surface area contributed by atoms with Gasteiger partial charge < -0.3 is 10.1 Å². The second-order valence-corrected chi connectivity index (χ2v) is 9.98. The third-order valence-corrected chi connectivity index (χ3v) is 7.75. The first-order chi connectivity index (χ1) is 13.6. The molecule has 0 atom stereocenters. The van der Waals surface area contributed by atoms with Crippen LogP contribution in [0.5, 0.6) is 5.75 Å². The second kappa shape index (κ2) is 7.51. The molecule has 6 rings (SSSR count). The van der Waals surface area contributed by atoms with E-state index in [4.69, 9.17) is 4.74 Å². The lowest BCUT2D eigenvalue weighted by Crippen LogP contribution is -2.56. The number of benzene rings is 1. The number of carbonyl (C=O) groups excluding carboxylic acids is 1. The Morgan fingerprint density at radius 3 is 2.46 bits per heavy atom. The van der Waals surface area contributed by atoms with E-state index < -0.39 is 0 Å². The Bertz CT molecular complexity index is 817. The maximum absolute atomic E-state index is 12.6. The second-order valence-electron chi connectivity index (χ2n) is 9.04. The van der Waals surface area contributed by atoms with E-state index in [9.17, 15) is 4.79 Å². The summed E-state index contributed by atoms with van der Waals surface area (Å²) >= 11 is 1.57. The number of nitrogens with one attached hydrogen (secondary N) is 1. The topological polar surface area (TPSA) is 51.2 Å². The predicted molar refractivity (Wildman–Crippen MR) is 110 cm³/mol. The SMILES string of the molecule is Cc1ccc(OCc2nc(CC(=O)NC3C4CC5CC(C4)CC3C5)cs2)cc1. The minimum Gasteiger partial charge on any atom is -0.486 e. The molecule has 5 heteroatoms. The molecule has 0 spiro atoms. The Hall–Kier alpha value is -1.88. The van der Waals surface area contributed by atoms with Crippen molar-refractivity contribution in [2.45, 2.75) is 58.1 Å². The van der Waals surface area contributed by atoms with Gasteiger partial charge in [-0.25, -0.2) is 4.98 Å². The number of hydrogen-bond donors (Lipinski definition) is 1. The van der Waals surface area contributed by atoms with Gasteiger partial charge in [0.2, 0.25) is 5.91 Å². The lowest BCUT2D eigenvalue weighted by molar-refractivity contribution is -0.124. The quantitative estimate of drug-likeness (QED) is 0.781. The highest BCUT2D eigenvalue weighted by molar-refractivity contribution is 7.09. The van der Waals surface area contributed by atoms with Crippen LogP contribution in [0.25, 0.3) is 0 Å². The first-order valence-electron chi connectivity index (χ1n) is 10.5. The molecule has 28 heavy (non-hydrogen) atoms. The van der Waals surface area contributed by atoms with E-state index in [1.54, 1.807) is 11.3 Å². The van der Waals surface area contributed by atoms with Gasteiger partial charge in [0.25, 0.3) is 0 Å². The van der Waals surface area contributed by atoms with Crippen LogP contribution in [0.15, 0.2) is 29.6 Å². The summed E-state index contributed by atoms with van der Waals surface area (Å²) in [6, 6.07) is 8.43. The molecule has 1 amide bonds. The summed E-state index contributed by atoms with van der Waals surface area (Å²) in [6.45, 7) is 2.51. The fourth-order valence-electron chi connectivity index (χ4n) is 5.84. The zero-order valence-corrected chi connectivity index (χ0v) is 17.2. The summed E-state index contributed by atoms with van der Waals surface area (Å²) in [6.07, 6.45) is 7.14. The van der Waals surface area contributed by atoms with Gasteiger partial charge in [0.05, 0.1) is 12.1 Å². The monoisotopic (exact) mass is 396 g/mol. The van der Waals surface area contributed by atoms with Crippen LogP contribution in [0.4, 0.5) is 0 Å². The van der Waals surface area contributed by atoms with Crippen molar-refractivity contribution in [1.82, 2.24) is 10.3 Å². The molecule has 0 unspecified atom stereocenters. The van der Waals surface area contributed by atoms with Crippen molar-refractivity contribution < 1.29 is 9.53 Å². The van der Waals surface area contributed by atoms with Gasteiger partial charge in [-0.3, -0.25) is 4.79 Å². The molecule has 0 aliphatic heterocycles. The van der Waals surface area contributed by atoms with Crippen molar-refractivity contribution in [3.8, 4) is 5.75 Å². The Kier molecular flexibility index (Phi) is 4.87. The number of nitrogens with zero attached hydrogens (tertiary/aromatic N) is 1. The molecule has 1 aromatic heterocycles. The number of rotatable bonds is 6. The van der Waals surface area contributed by atoms with Crippen LogP contribution in [0.2, 0.25) is 0 Å². The van der Waals surface area contributed by atoms with E-state index in [0.29, 0.717) is 30.9 Å². The molecule has 1 N–H and O–H groups in total. The average Bonchev–Trinajstić information content (AvgIpc) is 3.11. The molecule has 4 saturated carbocycles. The number of aryl methyl sites for hydroxylation is 1. The number of carbonyl (C=O) groups is 1. The first-order valence-corrected chi connectivity index (χ1v) is 11.4. The van der Waals surface area contributed by atoms with Gasteiger partial charge in [0.15, 0.2) is 0 Å². The van der Waals surface area contributed by atoms with Crippen molar-refractivity contribution in [1.29, 1.82) is 0 Å². The molecule has 2 aromatic rings. The molecular formula is C23H28N2O2S. The van der Waals surface area contributed by atoms with Crippen molar-refractivity contribution in [2.24, 2.45) is 23.7 Å². The van der Waals surface area contributed by atoms with Gasteiger partial charge in [0, 0.05) is 11.4 Å². The standard InChI is InChI=1S/C23H28N2O2S/c1-14-2-4-20(5-3-14)27-12-22-24-19(13-28-22)11-21(26)25-23-17-7-15-6-16(9-17)10-18(23)8-15/h2-5,13,15-18,23H,6-12H2,1H3,(H,25,26). The van der Waals surface area contributed by atoms with Gasteiger partial charge in [0.1, 0.15) is 17.4 Å². The Morgan fingerprint density at radius 2 is 1.79 bits per heavy atom. The highest BCUT2D eigenvalue weighted by atomic mass is 32.1. The predicted octanol–water partition coefficient (Wildman–Crippen LogP) is 4.51. The van der Waals surface area contributed by atoms with E-state index in [1.807, 2.05) is 29.6 Å². The van der Waals surface area contributed by atoms with Gasteiger partial charge in [-0.2, -0.15) is 0 Å². The summed E-state index contributed by atoms with van der Waals surface area (Å²) in [5, 5.41) is 6.28. The van der Waals surface area contributed by atoms with E-state index in [1.165, 1.54) is 37.7 Å². The number of hydrogen-bond acceptors (Lipinski definition) is 4. The Balaban J connectivity index is 1.14. The van der Waals surface area contributed by atoms with E-state index >= 15 is 0 Å². The maximum atomic E-state index is 12.6. The van der Waals surface area contributed by atoms with E-state index in [2.05, 4.69) is 17.2 Å². The fourth-order valence-corrected chi connectivity index (χ4v) is 6.54. The summed E-state index contributed by atoms with van der Waals surface area (Å²) in [5.74, 6) is 4.29. The Labute approximate surface area is 170 Å². The van der Waals surface area contributed by atoms with Crippen LogP contribution in [-0.2, 0) is 17.8 Å². The lowest BCUT2D eigenvalue weighted by Gasteiger charge is -2.54. The van der Waals surface area contributed by atoms with Crippen LogP contribution >= 0.6 is 11.3 Å². The molecule has 4 fully saturated rings. The summed E-state index contributed by atoms with van der Waals surface area (Å²) in [5.41, 5.74) is 2.07. The van der Waals surface area contributed by atoms with Crippen LogP contribution in [0.1, 0.15) is 48.4 Å². The molecule has 4 bridgehead atoms. The third-order valence-electron chi connectivity index (χ3n) is 6.88. The van der Waals surface area contributed by atoms with Crippen LogP contribution in [0.3, 0.4) is 0 Å². The first kappa shape index (κ1) is 18.2. The number of aromatic nitrogens is 1. The molecule has 4 nitrogen and oxygen atoms in total. The molecule has 148 valence electrons. The van der Waals surface area contributed by atoms with Crippen molar-refractivity contribution >= 4 is 17.2 Å². The molecule has 4 aliphatic rings. The fraction of sp³-hybridized carbons (Fsp3) is 0.565. The lowest BCUT2D eigenvalue weighted by atomic mass is 9.54. The zero-order valence-electron chi connectivity index (χ0n) is 16.4. The van der Waals surface area contributed by atoms with Gasteiger partial charge >= 0.3 is 0 Å². The number of ether oxygens (including phenoxy) is 1. The molecular weight excluding hydrogens is 368 g/mol. The number of amides is 1. The smallest absolute Gasteiger partial charge is 0.226 e. The number of thiazole rings is 1. The van der Waals surface area contributed by atoms with Gasteiger partial charge in [-0.15, -0.1) is 11.3 Å². The molecule has 1 heterocycles. The van der Waals surface area contributed by atoms with Crippen LogP contribution in [0, 0.1) is 30.6 Å². The normalized spacial score (nSPS) is 30.4. The zero-order chi connectivity index (χ0) is 19.1. The molecule has 4 aliphatic carbocycles. The Morgan fingerprint density at radius 1 is 1.11 bits per heavy atom. The average molecular weight is 397 g/mol. The van der Waals surface area contributed by atoms with Crippen LogP contribution < -0.4 is 10.1 Å². The van der Waals surface area contributed by atoms with Gasteiger partial charge in [-0.1, -0.05) is 17.7 Å². The van der Waals surface area contributed by atoms with E-state index in [-0.39, 0.29) is 5.91 Å². The molecule has 1 aromatic carbocycles. The largest absolute Gasteiger partial charge is 0.486 e. The minimum atomic E-state index is 0.133. The third kappa shape index (κ3) is 3.82. The minimum absolute atomic E-state index is 0.133. The molecule has 0 saturated heterocycles. The van der Waals surface area contributed by atoms with Crippen molar-refractivity contribution in [3.05, 3.63) is 45.9 Å². The van der Waals surface area contributed by atoms with Crippen LogP contribution in [-0.4, -0.2) is 16.9 Å². The molecule has 0 radical (unpaired) electrons. The summed E-state index contributed by atoms with van der Waals surface area (Å²) < 4.78 is 5.80. The summed E-state index contributed by atoms with van der Waals surface area (Å²) in [4.78, 5) is 17.2. The van der Waals surface area contributed by atoms with Crippen molar-refractivity contribution in [3.63, 3.8) is 0 Å².